The maximum Gasteiger partial charge on any atom is 0.345 e. The van der Waals surface area contributed by atoms with Crippen molar-refractivity contribution in [1.82, 2.24) is 0 Å². The Labute approximate surface area is 108 Å². The zero-order chi connectivity index (χ0) is 13.4. The summed E-state index contributed by atoms with van der Waals surface area (Å²) in [5.74, 6) is -1.13. The molecule has 0 spiro atoms. The van der Waals surface area contributed by atoms with Gasteiger partial charge >= 0.3 is 11.9 Å². The molecule has 0 saturated carbocycles. The average Bonchev–Trinajstić information content (AvgIpc) is 2.40. The Hall–Kier alpha value is -1.64. The molecule has 1 unspecified atom stereocenters. The molecule has 1 aromatic carbocycles. The van der Waals surface area contributed by atoms with E-state index in [2.05, 4.69) is 6.92 Å². The first-order chi connectivity index (χ1) is 8.69. The molecule has 0 bridgehead atoms. The fourth-order valence-corrected chi connectivity index (χ4v) is 1.75. The zero-order valence-electron chi connectivity index (χ0n) is 11.0. The van der Waals surface area contributed by atoms with Gasteiger partial charge in [0.15, 0.2) is 0 Å². The van der Waals surface area contributed by atoms with Gasteiger partial charge in [-0.2, -0.15) is 0 Å². The lowest BCUT2D eigenvalue weighted by Gasteiger charge is -2.12. The van der Waals surface area contributed by atoms with Crippen LogP contribution >= 0.6 is 0 Å². The molecule has 0 N–H and O–H groups in total. The molecule has 0 saturated heterocycles. The molecule has 1 atom stereocenters. The van der Waals surface area contributed by atoms with Crippen LogP contribution in [0.3, 0.4) is 0 Å². The molecule has 0 fully saturated rings. The van der Waals surface area contributed by atoms with Gasteiger partial charge < -0.3 is 4.74 Å². The lowest BCUT2D eigenvalue weighted by atomic mass is 10.00. The highest BCUT2D eigenvalue weighted by Gasteiger charge is 2.21. The number of benzene rings is 1. The van der Waals surface area contributed by atoms with Gasteiger partial charge in [-0.1, -0.05) is 44.9 Å². The molecule has 98 valence electrons. The number of ether oxygens (including phenoxy) is 1. The van der Waals surface area contributed by atoms with Gasteiger partial charge in [-0.15, -0.1) is 0 Å². The van der Waals surface area contributed by atoms with Crippen molar-refractivity contribution in [1.29, 1.82) is 0 Å². The molecule has 0 aliphatic rings. The number of esters is 2. The second-order valence-corrected chi connectivity index (χ2v) is 4.32. The molecular weight excluding hydrogens is 228 g/mol. The van der Waals surface area contributed by atoms with Crippen LogP contribution in [0, 0.1) is 5.92 Å². The molecule has 3 heteroatoms. The zero-order valence-corrected chi connectivity index (χ0v) is 11.0. The van der Waals surface area contributed by atoms with E-state index in [4.69, 9.17) is 4.74 Å². The highest BCUT2D eigenvalue weighted by atomic mass is 16.6. The minimum atomic E-state index is -0.560. The first kappa shape index (κ1) is 14.4. The number of unbranched alkanes of at least 4 members (excludes halogenated alkanes) is 1. The standard InChI is InChI=1S/C15H20O3/c1-3-5-9-12(4-2)14(16)18-15(17)13-10-7-6-8-11-13/h6-8,10-12H,3-5,9H2,1-2H3. The summed E-state index contributed by atoms with van der Waals surface area (Å²) in [6, 6.07) is 8.59. The van der Waals surface area contributed by atoms with Crippen LogP contribution in [0.5, 0.6) is 0 Å². The normalized spacial score (nSPS) is 11.9. The Balaban J connectivity index is 2.55. The Bertz CT molecular complexity index is 384. The van der Waals surface area contributed by atoms with Crippen molar-refractivity contribution in [2.24, 2.45) is 5.92 Å². The van der Waals surface area contributed by atoms with Gasteiger partial charge in [-0.3, -0.25) is 4.79 Å². The van der Waals surface area contributed by atoms with E-state index in [1.807, 2.05) is 13.0 Å². The van der Waals surface area contributed by atoms with Crippen LogP contribution in [0.1, 0.15) is 49.9 Å². The fourth-order valence-electron chi connectivity index (χ4n) is 1.75. The minimum Gasteiger partial charge on any atom is -0.389 e. The molecule has 0 amide bonds. The molecule has 0 aliphatic heterocycles. The summed E-state index contributed by atoms with van der Waals surface area (Å²) in [5, 5.41) is 0. The third-order valence-corrected chi connectivity index (χ3v) is 2.94. The van der Waals surface area contributed by atoms with Crippen LogP contribution < -0.4 is 0 Å². The van der Waals surface area contributed by atoms with E-state index in [1.54, 1.807) is 24.3 Å². The summed E-state index contributed by atoms with van der Waals surface area (Å²) in [6.45, 7) is 4.02. The summed E-state index contributed by atoms with van der Waals surface area (Å²) in [7, 11) is 0. The van der Waals surface area contributed by atoms with Crippen LogP contribution in [-0.4, -0.2) is 11.9 Å². The van der Waals surface area contributed by atoms with E-state index in [1.165, 1.54) is 0 Å². The van der Waals surface area contributed by atoms with E-state index in [-0.39, 0.29) is 5.92 Å². The monoisotopic (exact) mass is 248 g/mol. The van der Waals surface area contributed by atoms with Crippen molar-refractivity contribution >= 4 is 11.9 Å². The predicted octanol–water partition coefficient (Wildman–Crippen LogP) is 3.59. The van der Waals surface area contributed by atoms with E-state index in [9.17, 15) is 9.59 Å². The summed E-state index contributed by atoms with van der Waals surface area (Å²) < 4.78 is 4.91. The summed E-state index contributed by atoms with van der Waals surface area (Å²) >= 11 is 0. The van der Waals surface area contributed by atoms with Crippen molar-refractivity contribution < 1.29 is 14.3 Å². The smallest absolute Gasteiger partial charge is 0.345 e. The Morgan fingerprint density at radius 1 is 1.17 bits per heavy atom. The van der Waals surface area contributed by atoms with E-state index < -0.39 is 11.9 Å². The van der Waals surface area contributed by atoms with E-state index in [0.717, 1.165) is 19.3 Å². The van der Waals surface area contributed by atoms with Gasteiger partial charge in [0.2, 0.25) is 0 Å². The van der Waals surface area contributed by atoms with Gasteiger partial charge in [0.1, 0.15) is 0 Å². The minimum absolute atomic E-state index is 0.169. The lowest BCUT2D eigenvalue weighted by molar-refractivity contribution is -0.143. The second-order valence-electron chi connectivity index (χ2n) is 4.32. The highest BCUT2D eigenvalue weighted by Crippen LogP contribution is 2.15. The van der Waals surface area contributed by atoms with E-state index >= 15 is 0 Å². The Kier molecular flexibility index (Phi) is 6.12. The van der Waals surface area contributed by atoms with E-state index in [0.29, 0.717) is 12.0 Å². The summed E-state index contributed by atoms with van der Waals surface area (Å²) in [4.78, 5) is 23.5. The fraction of sp³-hybridized carbons (Fsp3) is 0.467. The third kappa shape index (κ3) is 4.32. The highest BCUT2D eigenvalue weighted by molar-refractivity contribution is 5.97. The van der Waals surface area contributed by atoms with Gasteiger partial charge in [0, 0.05) is 0 Å². The van der Waals surface area contributed by atoms with Crippen molar-refractivity contribution in [3.05, 3.63) is 35.9 Å². The quantitative estimate of drug-likeness (QED) is 0.571. The third-order valence-electron chi connectivity index (χ3n) is 2.94. The van der Waals surface area contributed by atoms with Crippen molar-refractivity contribution in [2.75, 3.05) is 0 Å². The van der Waals surface area contributed by atoms with Crippen LogP contribution in [0.4, 0.5) is 0 Å². The van der Waals surface area contributed by atoms with Crippen molar-refractivity contribution in [3.63, 3.8) is 0 Å². The topological polar surface area (TPSA) is 43.4 Å². The van der Waals surface area contributed by atoms with Crippen molar-refractivity contribution in [3.8, 4) is 0 Å². The molecule has 3 nitrogen and oxygen atoms in total. The van der Waals surface area contributed by atoms with Crippen LogP contribution in [0.2, 0.25) is 0 Å². The SMILES string of the molecule is CCCCC(CC)C(=O)OC(=O)c1ccccc1. The maximum atomic E-state index is 11.8. The molecule has 0 radical (unpaired) electrons. The number of hydrogen-bond acceptors (Lipinski definition) is 3. The lowest BCUT2D eigenvalue weighted by Crippen LogP contribution is -2.21. The van der Waals surface area contributed by atoms with Crippen molar-refractivity contribution in [2.45, 2.75) is 39.5 Å². The molecule has 18 heavy (non-hydrogen) atoms. The average molecular weight is 248 g/mol. The first-order valence-electron chi connectivity index (χ1n) is 6.50. The number of hydrogen-bond donors (Lipinski definition) is 0. The van der Waals surface area contributed by atoms with Gasteiger partial charge in [-0.25, -0.2) is 4.79 Å². The second kappa shape index (κ2) is 7.64. The molecular formula is C15H20O3. The molecule has 1 rings (SSSR count). The number of carbonyl (C=O) groups is 2. The largest absolute Gasteiger partial charge is 0.389 e. The van der Waals surface area contributed by atoms with Crippen LogP contribution in [0.15, 0.2) is 30.3 Å². The summed E-state index contributed by atoms with van der Waals surface area (Å²) in [5.41, 5.74) is 0.413. The van der Waals surface area contributed by atoms with Crippen LogP contribution in [0.25, 0.3) is 0 Å². The maximum absolute atomic E-state index is 11.8. The summed E-state index contributed by atoms with van der Waals surface area (Å²) in [6.07, 6.45) is 3.51. The van der Waals surface area contributed by atoms with Gasteiger partial charge in [-0.05, 0) is 25.0 Å². The number of rotatable bonds is 6. The Morgan fingerprint density at radius 3 is 2.39 bits per heavy atom. The molecule has 1 aromatic rings. The molecule has 0 aliphatic carbocycles. The molecule has 0 heterocycles. The number of carbonyl (C=O) groups excluding carboxylic acids is 2. The van der Waals surface area contributed by atoms with Gasteiger partial charge in [0.25, 0.3) is 0 Å². The molecule has 0 aromatic heterocycles. The Morgan fingerprint density at radius 2 is 1.83 bits per heavy atom. The first-order valence-corrected chi connectivity index (χ1v) is 6.50. The predicted molar refractivity (Wildman–Crippen MR) is 70.2 cm³/mol. The van der Waals surface area contributed by atoms with Crippen LogP contribution in [-0.2, 0) is 9.53 Å². The van der Waals surface area contributed by atoms with Gasteiger partial charge in [0.05, 0.1) is 11.5 Å².